The van der Waals surface area contributed by atoms with Crippen molar-refractivity contribution in [2.24, 2.45) is 0 Å². The fourth-order valence-corrected chi connectivity index (χ4v) is 5.21. The lowest BCUT2D eigenvalue weighted by atomic mass is 10.2. The van der Waals surface area contributed by atoms with Gasteiger partial charge in [-0.25, -0.2) is 17.6 Å². The van der Waals surface area contributed by atoms with Crippen molar-refractivity contribution in [3.8, 4) is 0 Å². The van der Waals surface area contributed by atoms with E-state index in [9.17, 15) is 22.4 Å². The minimum absolute atomic E-state index is 0.0890. The van der Waals surface area contributed by atoms with Crippen LogP contribution >= 0.6 is 23.2 Å². The molecule has 1 amide bonds. The molecule has 2 aromatic carbocycles. The topological polar surface area (TPSA) is 102 Å². The van der Waals surface area contributed by atoms with Crippen LogP contribution in [-0.4, -0.2) is 57.1 Å². The number of morpholine rings is 1. The summed E-state index contributed by atoms with van der Waals surface area (Å²) in [6.07, 6.45) is -0.305. The van der Waals surface area contributed by atoms with Crippen LogP contribution in [0.5, 0.6) is 0 Å². The van der Waals surface area contributed by atoms with Crippen LogP contribution in [0.2, 0.25) is 10.0 Å². The fraction of sp³-hybridized carbons (Fsp3) is 0.333. The van der Waals surface area contributed by atoms with Gasteiger partial charge in [0, 0.05) is 18.8 Å². The van der Waals surface area contributed by atoms with Crippen molar-refractivity contribution in [3.63, 3.8) is 0 Å². The molecule has 1 N–H and O–H groups in total. The van der Waals surface area contributed by atoms with Gasteiger partial charge in [0.25, 0.3) is 15.9 Å². The van der Waals surface area contributed by atoms with E-state index < -0.39 is 39.2 Å². The molecular formula is C21H21Cl2FN2O6S. The third kappa shape index (κ3) is 6.35. The number of amides is 1. The number of hydrogen-bond donors (Lipinski definition) is 1. The minimum Gasteiger partial charge on any atom is -0.452 e. The molecule has 178 valence electrons. The van der Waals surface area contributed by atoms with Gasteiger partial charge >= 0.3 is 5.97 Å². The molecule has 1 aliphatic heterocycles. The number of hydrogen-bond acceptors (Lipinski definition) is 6. The van der Waals surface area contributed by atoms with Crippen molar-refractivity contribution in [1.82, 2.24) is 4.90 Å². The van der Waals surface area contributed by atoms with Crippen LogP contribution in [0.15, 0.2) is 41.3 Å². The number of rotatable bonds is 6. The van der Waals surface area contributed by atoms with Crippen LogP contribution in [0.1, 0.15) is 24.2 Å². The van der Waals surface area contributed by atoms with Gasteiger partial charge in [-0.05, 0) is 50.2 Å². The maximum Gasteiger partial charge on any atom is 0.340 e. The van der Waals surface area contributed by atoms with E-state index in [1.165, 1.54) is 17.0 Å². The third-order valence-electron chi connectivity index (χ3n) is 4.73. The van der Waals surface area contributed by atoms with Crippen LogP contribution in [0.25, 0.3) is 0 Å². The number of ether oxygens (including phenoxy) is 2. The highest BCUT2D eigenvalue weighted by molar-refractivity contribution is 7.92. The summed E-state index contributed by atoms with van der Waals surface area (Å²) in [5.74, 6) is -1.94. The van der Waals surface area contributed by atoms with Gasteiger partial charge in [-0.15, -0.1) is 0 Å². The Morgan fingerprint density at radius 2 is 1.73 bits per heavy atom. The quantitative estimate of drug-likeness (QED) is 0.584. The Morgan fingerprint density at radius 1 is 1.12 bits per heavy atom. The highest BCUT2D eigenvalue weighted by Gasteiger charge is 2.28. The predicted molar refractivity (Wildman–Crippen MR) is 121 cm³/mol. The molecule has 0 aliphatic carbocycles. The molecule has 0 radical (unpaired) electrons. The number of carbonyl (C=O) groups is 2. The lowest BCUT2D eigenvalue weighted by Crippen LogP contribution is -2.49. The first-order valence-corrected chi connectivity index (χ1v) is 12.1. The van der Waals surface area contributed by atoms with Crippen molar-refractivity contribution in [1.29, 1.82) is 0 Å². The Bertz CT molecular complexity index is 1150. The zero-order valence-corrected chi connectivity index (χ0v) is 20.0. The smallest absolute Gasteiger partial charge is 0.340 e. The number of nitrogens with one attached hydrogen (secondary N) is 1. The van der Waals surface area contributed by atoms with Gasteiger partial charge in [0.15, 0.2) is 6.61 Å². The SMILES string of the molecule is C[C@@H]1CN(C(=O)COC(=O)c2cc(S(=O)(=O)Nc3ccc(F)cc3)c(Cl)cc2Cl)C[C@H](C)O1. The number of sulfonamides is 1. The van der Waals surface area contributed by atoms with E-state index in [0.29, 0.717) is 13.1 Å². The van der Waals surface area contributed by atoms with E-state index in [1.807, 2.05) is 13.8 Å². The maximum absolute atomic E-state index is 13.1. The zero-order chi connectivity index (χ0) is 24.3. The molecule has 1 saturated heterocycles. The summed E-state index contributed by atoms with van der Waals surface area (Å²) in [7, 11) is -4.25. The van der Waals surface area contributed by atoms with E-state index in [-0.39, 0.29) is 33.5 Å². The van der Waals surface area contributed by atoms with Gasteiger partial charge < -0.3 is 14.4 Å². The number of anilines is 1. The molecule has 0 aromatic heterocycles. The minimum atomic E-state index is -4.25. The van der Waals surface area contributed by atoms with Gasteiger partial charge in [0.1, 0.15) is 10.7 Å². The van der Waals surface area contributed by atoms with Crippen molar-refractivity contribution >= 4 is 50.8 Å². The average Bonchev–Trinajstić information content (AvgIpc) is 2.72. The largest absolute Gasteiger partial charge is 0.452 e. The van der Waals surface area contributed by atoms with Crippen molar-refractivity contribution in [2.75, 3.05) is 24.4 Å². The Kier molecular flexibility index (Phi) is 7.84. The highest BCUT2D eigenvalue weighted by Crippen LogP contribution is 2.30. The standard InChI is InChI=1S/C21H21Cl2FN2O6S/c1-12-9-26(10-13(2)32-12)20(27)11-31-21(28)16-7-19(18(23)8-17(16)22)33(29,30)25-15-5-3-14(24)4-6-15/h3-8,12-13,25H,9-11H2,1-2H3/t12-,13+. The summed E-state index contributed by atoms with van der Waals surface area (Å²) in [4.78, 5) is 26.1. The van der Waals surface area contributed by atoms with E-state index in [4.69, 9.17) is 32.7 Å². The van der Waals surface area contributed by atoms with E-state index in [0.717, 1.165) is 24.3 Å². The summed E-state index contributed by atoms with van der Waals surface area (Å²) in [6.45, 7) is 3.83. The third-order valence-corrected chi connectivity index (χ3v) is 6.89. The molecular weight excluding hydrogens is 498 g/mol. The van der Waals surface area contributed by atoms with Crippen LogP contribution in [0.3, 0.4) is 0 Å². The Balaban J connectivity index is 1.75. The average molecular weight is 519 g/mol. The first-order valence-electron chi connectivity index (χ1n) is 9.84. The monoisotopic (exact) mass is 518 g/mol. The van der Waals surface area contributed by atoms with Crippen LogP contribution in [0, 0.1) is 5.82 Å². The molecule has 0 spiro atoms. The lowest BCUT2D eigenvalue weighted by molar-refractivity contribution is -0.146. The second kappa shape index (κ2) is 10.3. The predicted octanol–water partition coefficient (Wildman–Crippen LogP) is 3.73. The number of nitrogens with zero attached hydrogens (tertiary/aromatic N) is 1. The van der Waals surface area contributed by atoms with Crippen LogP contribution < -0.4 is 4.72 Å². The molecule has 33 heavy (non-hydrogen) atoms. The van der Waals surface area contributed by atoms with Gasteiger partial charge in [-0.2, -0.15) is 0 Å². The lowest BCUT2D eigenvalue weighted by Gasteiger charge is -2.35. The number of carbonyl (C=O) groups excluding carboxylic acids is 2. The summed E-state index contributed by atoms with van der Waals surface area (Å²) in [6, 6.07) is 6.66. The maximum atomic E-state index is 13.1. The first-order chi connectivity index (χ1) is 15.5. The number of halogens is 3. The number of benzene rings is 2. The molecule has 3 rings (SSSR count). The summed E-state index contributed by atoms with van der Waals surface area (Å²) in [5, 5.41) is -0.384. The molecule has 0 unspecified atom stereocenters. The van der Waals surface area contributed by atoms with Crippen molar-refractivity contribution in [2.45, 2.75) is 31.0 Å². The number of esters is 1. The normalized spacial score (nSPS) is 18.6. The molecule has 1 fully saturated rings. The van der Waals surface area contributed by atoms with Gasteiger partial charge in [0.05, 0.1) is 27.8 Å². The molecule has 1 heterocycles. The van der Waals surface area contributed by atoms with Crippen molar-refractivity contribution < 1.29 is 31.9 Å². The first kappa shape index (κ1) is 25.2. The molecule has 0 bridgehead atoms. The highest BCUT2D eigenvalue weighted by atomic mass is 35.5. The van der Waals surface area contributed by atoms with E-state index in [1.54, 1.807) is 0 Å². The molecule has 12 heteroatoms. The van der Waals surface area contributed by atoms with Crippen LogP contribution in [0.4, 0.5) is 10.1 Å². The second-order valence-corrected chi connectivity index (χ2v) is 9.97. The Hall–Kier alpha value is -2.40. The van der Waals surface area contributed by atoms with Crippen molar-refractivity contribution in [3.05, 3.63) is 57.8 Å². The summed E-state index contributed by atoms with van der Waals surface area (Å²) < 4.78 is 51.5. The van der Waals surface area contributed by atoms with E-state index >= 15 is 0 Å². The Labute approximate surface area is 200 Å². The van der Waals surface area contributed by atoms with Gasteiger partial charge in [-0.1, -0.05) is 23.2 Å². The molecule has 1 aliphatic rings. The molecule has 8 nitrogen and oxygen atoms in total. The van der Waals surface area contributed by atoms with Crippen LogP contribution in [-0.2, 0) is 24.3 Å². The van der Waals surface area contributed by atoms with Gasteiger partial charge in [0.2, 0.25) is 0 Å². The molecule has 2 aromatic rings. The van der Waals surface area contributed by atoms with E-state index in [2.05, 4.69) is 4.72 Å². The summed E-state index contributed by atoms with van der Waals surface area (Å²) in [5.41, 5.74) is -0.192. The Morgan fingerprint density at radius 3 is 2.33 bits per heavy atom. The second-order valence-electron chi connectivity index (χ2n) is 7.51. The molecule has 0 saturated carbocycles. The zero-order valence-electron chi connectivity index (χ0n) is 17.7. The molecule has 2 atom stereocenters. The summed E-state index contributed by atoms with van der Waals surface area (Å²) >= 11 is 12.1. The fourth-order valence-electron chi connectivity index (χ4n) is 3.30. The van der Waals surface area contributed by atoms with Gasteiger partial charge in [-0.3, -0.25) is 9.52 Å².